The predicted octanol–water partition coefficient (Wildman–Crippen LogP) is 5.89. The first kappa shape index (κ1) is 26.2. The van der Waals surface area contributed by atoms with E-state index in [4.69, 9.17) is 27.9 Å². The molecule has 36 heavy (non-hydrogen) atoms. The lowest BCUT2D eigenvalue weighted by Gasteiger charge is -2.29. The van der Waals surface area contributed by atoms with Gasteiger partial charge in [-0.05, 0) is 55.2 Å². The Morgan fingerprint density at radius 1 is 0.944 bits per heavy atom. The van der Waals surface area contributed by atoms with Crippen molar-refractivity contribution in [3.05, 3.63) is 87.9 Å². The Kier molecular flexibility index (Phi) is 8.00. The van der Waals surface area contributed by atoms with Crippen molar-refractivity contribution in [3.63, 3.8) is 0 Å². The molecule has 0 saturated carbocycles. The number of carbonyl (C=O) groups is 2. The fourth-order valence-corrected chi connectivity index (χ4v) is 6.13. The second kappa shape index (κ2) is 11.0. The first-order valence-electron chi connectivity index (χ1n) is 11.3. The number of carbonyl (C=O) groups excluding carboxylic acids is 2. The molecule has 0 spiro atoms. The van der Waals surface area contributed by atoms with Gasteiger partial charge in [0.1, 0.15) is 10.6 Å². The Bertz CT molecular complexity index is 1390. The molecule has 1 saturated heterocycles. The lowest BCUT2D eigenvalue weighted by atomic mass is 10.0. The zero-order valence-electron chi connectivity index (χ0n) is 19.4. The molecule has 0 unspecified atom stereocenters. The van der Waals surface area contributed by atoms with Crippen molar-refractivity contribution >= 4 is 50.8 Å². The monoisotopic (exact) mass is 546 g/mol. The van der Waals surface area contributed by atoms with Crippen molar-refractivity contribution < 1.29 is 22.7 Å². The minimum absolute atomic E-state index is 0.0373. The van der Waals surface area contributed by atoms with Gasteiger partial charge in [-0.2, -0.15) is 4.31 Å². The van der Waals surface area contributed by atoms with E-state index >= 15 is 0 Å². The van der Waals surface area contributed by atoms with E-state index in [0.717, 1.165) is 18.9 Å². The van der Waals surface area contributed by atoms with Gasteiger partial charge < -0.3 is 10.1 Å². The third kappa shape index (κ3) is 5.90. The van der Waals surface area contributed by atoms with E-state index in [1.165, 1.54) is 22.5 Å². The number of anilines is 1. The van der Waals surface area contributed by atoms with E-state index in [9.17, 15) is 18.0 Å². The van der Waals surface area contributed by atoms with Crippen LogP contribution in [-0.4, -0.2) is 37.7 Å². The van der Waals surface area contributed by atoms with Crippen LogP contribution in [-0.2, 0) is 10.0 Å². The van der Waals surface area contributed by atoms with Gasteiger partial charge in [-0.25, -0.2) is 13.2 Å². The summed E-state index contributed by atoms with van der Waals surface area (Å²) < 4.78 is 33.3. The van der Waals surface area contributed by atoms with Crippen LogP contribution in [0.4, 0.5) is 5.69 Å². The minimum Gasteiger partial charge on any atom is -0.423 e. The highest BCUT2D eigenvalue weighted by molar-refractivity contribution is 7.89. The molecule has 0 atom stereocenters. The Hall–Kier alpha value is -2.91. The molecule has 4 rings (SSSR count). The number of nitrogens with zero attached hydrogens (tertiary/aromatic N) is 1. The van der Waals surface area contributed by atoms with Gasteiger partial charge in [0, 0.05) is 30.4 Å². The summed E-state index contributed by atoms with van der Waals surface area (Å²) in [6, 6.07) is 17.3. The molecule has 0 radical (unpaired) electrons. The predicted molar refractivity (Wildman–Crippen MR) is 139 cm³/mol. The number of benzene rings is 3. The van der Waals surface area contributed by atoms with E-state index in [1.807, 2.05) is 6.07 Å². The first-order chi connectivity index (χ1) is 17.1. The molecule has 3 aromatic rings. The largest absolute Gasteiger partial charge is 0.423 e. The number of sulfonamides is 1. The number of amides is 1. The Labute approximate surface area is 220 Å². The molecule has 0 aromatic heterocycles. The average molecular weight is 547 g/mol. The fraction of sp³-hybridized carbons (Fsp3) is 0.231. The number of hydrogen-bond donors (Lipinski definition) is 1. The van der Waals surface area contributed by atoms with Gasteiger partial charge in [-0.15, -0.1) is 0 Å². The summed E-state index contributed by atoms with van der Waals surface area (Å²) in [6.45, 7) is 2.84. The highest BCUT2D eigenvalue weighted by Crippen LogP contribution is 2.33. The summed E-state index contributed by atoms with van der Waals surface area (Å²) in [5.74, 6) is -0.587. The molecule has 1 heterocycles. The number of hydrogen-bond acceptors (Lipinski definition) is 5. The van der Waals surface area contributed by atoms with Crippen LogP contribution in [0.5, 0.6) is 5.75 Å². The average Bonchev–Trinajstić information content (AvgIpc) is 2.85. The Morgan fingerprint density at radius 3 is 2.33 bits per heavy atom. The number of halogens is 2. The zero-order valence-corrected chi connectivity index (χ0v) is 21.7. The molecule has 1 fully saturated rings. The van der Waals surface area contributed by atoms with Gasteiger partial charge in [0.2, 0.25) is 10.0 Å². The number of esters is 1. The van der Waals surface area contributed by atoms with Crippen LogP contribution in [0.25, 0.3) is 0 Å². The molecule has 1 N–H and O–H groups in total. The molecule has 0 aliphatic carbocycles. The summed E-state index contributed by atoms with van der Waals surface area (Å²) in [7, 11) is -3.92. The third-order valence-corrected chi connectivity index (χ3v) is 8.62. The topological polar surface area (TPSA) is 92.8 Å². The first-order valence-corrected chi connectivity index (χ1v) is 13.5. The van der Waals surface area contributed by atoms with Crippen LogP contribution in [0.15, 0.2) is 71.6 Å². The molecular weight excluding hydrogens is 523 g/mol. The van der Waals surface area contributed by atoms with Crippen molar-refractivity contribution in [1.82, 2.24) is 4.31 Å². The van der Waals surface area contributed by atoms with Crippen LogP contribution in [0, 0.1) is 5.92 Å². The van der Waals surface area contributed by atoms with Crippen LogP contribution in [0.1, 0.15) is 40.5 Å². The van der Waals surface area contributed by atoms with E-state index in [2.05, 4.69) is 12.2 Å². The normalized spacial score (nSPS) is 14.9. The molecule has 0 bridgehead atoms. The van der Waals surface area contributed by atoms with Crippen LogP contribution >= 0.6 is 23.2 Å². The van der Waals surface area contributed by atoms with Crippen LogP contribution in [0.2, 0.25) is 10.0 Å². The van der Waals surface area contributed by atoms with Crippen molar-refractivity contribution in [3.8, 4) is 5.75 Å². The van der Waals surface area contributed by atoms with Crippen molar-refractivity contribution in [2.24, 2.45) is 5.92 Å². The molecule has 1 aliphatic rings. The summed E-state index contributed by atoms with van der Waals surface area (Å²) >= 11 is 12.5. The maximum Gasteiger partial charge on any atom is 0.345 e. The van der Waals surface area contributed by atoms with Crippen molar-refractivity contribution in [1.29, 1.82) is 0 Å². The van der Waals surface area contributed by atoms with E-state index in [0.29, 0.717) is 30.3 Å². The number of ether oxygens (including phenoxy) is 1. The smallest absolute Gasteiger partial charge is 0.345 e. The summed E-state index contributed by atoms with van der Waals surface area (Å²) in [5, 5.41) is 2.63. The highest BCUT2D eigenvalue weighted by Gasteiger charge is 2.31. The summed E-state index contributed by atoms with van der Waals surface area (Å²) in [6.07, 6.45) is 1.49. The third-order valence-electron chi connectivity index (χ3n) is 5.94. The maximum atomic E-state index is 13.2. The second-order valence-electron chi connectivity index (χ2n) is 8.59. The second-order valence-corrected chi connectivity index (χ2v) is 11.3. The van der Waals surface area contributed by atoms with Gasteiger partial charge in [0.05, 0.1) is 15.6 Å². The van der Waals surface area contributed by atoms with Crippen molar-refractivity contribution in [2.45, 2.75) is 24.7 Å². The minimum atomic E-state index is -3.92. The van der Waals surface area contributed by atoms with Gasteiger partial charge in [0.25, 0.3) is 5.91 Å². The van der Waals surface area contributed by atoms with E-state index in [-0.39, 0.29) is 32.2 Å². The summed E-state index contributed by atoms with van der Waals surface area (Å²) in [4.78, 5) is 25.2. The number of nitrogens with one attached hydrogen (secondary N) is 1. The molecule has 1 amide bonds. The Morgan fingerprint density at radius 2 is 1.64 bits per heavy atom. The van der Waals surface area contributed by atoms with Crippen LogP contribution in [0.3, 0.4) is 0 Å². The van der Waals surface area contributed by atoms with Gasteiger partial charge >= 0.3 is 5.97 Å². The quantitative estimate of drug-likeness (QED) is 0.307. The standard InChI is InChI=1S/C26H24Cl2N2O5S/c1-17-10-12-30(13-11-17)36(33,34)24-15-21(22(27)16-23(24)28)26(32)35-20-9-5-8-19(14-20)29-25(31)18-6-3-2-4-7-18/h2-9,14-17H,10-13H2,1H3,(H,29,31). The molecule has 3 aromatic carbocycles. The molecular formula is C26H24Cl2N2O5S. The van der Waals surface area contributed by atoms with Crippen molar-refractivity contribution in [2.75, 3.05) is 18.4 Å². The Balaban J connectivity index is 1.54. The SMILES string of the molecule is CC1CCN(S(=O)(=O)c2cc(C(=O)Oc3cccc(NC(=O)c4ccccc4)c3)c(Cl)cc2Cl)CC1. The number of piperidine rings is 1. The summed E-state index contributed by atoms with van der Waals surface area (Å²) in [5.41, 5.74) is 0.757. The molecule has 1 aliphatic heterocycles. The van der Waals surface area contributed by atoms with E-state index in [1.54, 1.807) is 36.4 Å². The van der Waals surface area contributed by atoms with Gasteiger partial charge in [0.15, 0.2) is 0 Å². The molecule has 7 nitrogen and oxygen atoms in total. The van der Waals surface area contributed by atoms with Crippen LogP contribution < -0.4 is 10.1 Å². The zero-order chi connectivity index (χ0) is 25.9. The van der Waals surface area contributed by atoms with Gasteiger partial charge in [-0.1, -0.05) is 54.4 Å². The lowest BCUT2D eigenvalue weighted by Crippen LogP contribution is -2.38. The van der Waals surface area contributed by atoms with Gasteiger partial charge in [-0.3, -0.25) is 4.79 Å². The fourth-order valence-electron chi connectivity index (χ4n) is 3.84. The van der Waals surface area contributed by atoms with E-state index < -0.39 is 16.0 Å². The highest BCUT2D eigenvalue weighted by atomic mass is 35.5. The maximum absolute atomic E-state index is 13.2. The number of rotatable bonds is 6. The molecule has 10 heteroatoms. The lowest BCUT2D eigenvalue weighted by molar-refractivity contribution is 0.0734. The molecule has 188 valence electrons.